The number of carboxylic acids is 1. The lowest BCUT2D eigenvalue weighted by Crippen LogP contribution is -2.37. The lowest BCUT2D eigenvalue weighted by atomic mass is 10.2. The Balaban J connectivity index is 2.46. The summed E-state index contributed by atoms with van der Waals surface area (Å²) < 4.78 is 0. The van der Waals surface area contributed by atoms with Gasteiger partial charge in [0.1, 0.15) is 6.04 Å². The molecule has 3 heteroatoms. The molecule has 0 aromatic carbocycles. The second-order valence-corrected chi connectivity index (χ2v) is 3.67. The Morgan fingerprint density at radius 3 is 2.75 bits per heavy atom. The summed E-state index contributed by atoms with van der Waals surface area (Å²) in [4.78, 5) is 12.8. The quantitative estimate of drug-likeness (QED) is 0.690. The molecule has 1 N–H and O–H groups in total. The minimum Gasteiger partial charge on any atom is -0.480 e. The van der Waals surface area contributed by atoms with E-state index in [0.29, 0.717) is 0 Å². The van der Waals surface area contributed by atoms with Gasteiger partial charge in [0.2, 0.25) is 0 Å². The molecule has 0 aliphatic carbocycles. The van der Waals surface area contributed by atoms with Crippen molar-refractivity contribution in [3.63, 3.8) is 0 Å². The number of hydrogen-bond donors (Lipinski definition) is 1. The molecular weight excluding hydrogens is 154 g/mol. The summed E-state index contributed by atoms with van der Waals surface area (Å²) in [6.07, 6.45) is 1.83. The van der Waals surface area contributed by atoms with Crippen molar-refractivity contribution in [2.45, 2.75) is 32.7 Å². The third-order valence-corrected chi connectivity index (χ3v) is 2.17. The average molecular weight is 170 g/mol. The van der Waals surface area contributed by atoms with Crippen molar-refractivity contribution in [1.82, 2.24) is 4.90 Å². The molecule has 0 bridgehead atoms. The molecule has 0 unspecified atom stereocenters. The van der Waals surface area contributed by atoms with Crippen molar-refractivity contribution >= 4 is 5.97 Å². The summed E-state index contributed by atoms with van der Waals surface area (Å²) in [5.41, 5.74) is 0. The number of hydrogen-bond acceptors (Lipinski definition) is 2. The second-order valence-electron chi connectivity index (χ2n) is 3.67. The molecule has 0 aromatic heterocycles. The van der Waals surface area contributed by atoms with Crippen molar-refractivity contribution in [3.05, 3.63) is 5.92 Å². The van der Waals surface area contributed by atoms with Gasteiger partial charge in [-0.05, 0) is 25.3 Å². The summed E-state index contributed by atoms with van der Waals surface area (Å²) in [5.74, 6) is 0.608. The highest BCUT2D eigenvalue weighted by molar-refractivity contribution is 5.73. The van der Waals surface area contributed by atoms with E-state index in [9.17, 15) is 4.79 Å². The van der Waals surface area contributed by atoms with Gasteiger partial charge in [0.15, 0.2) is 0 Å². The van der Waals surface area contributed by atoms with E-state index in [0.717, 1.165) is 25.9 Å². The van der Waals surface area contributed by atoms with Crippen molar-refractivity contribution in [2.24, 2.45) is 0 Å². The van der Waals surface area contributed by atoms with E-state index in [4.69, 9.17) is 5.11 Å². The van der Waals surface area contributed by atoms with Crippen molar-refractivity contribution < 1.29 is 9.90 Å². The summed E-state index contributed by atoms with van der Waals surface area (Å²) >= 11 is 0. The van der Waals surface area contributed by atoms with Crippen LogP contribution in [0, 0.1) is 5.92 Å². The number of likely N-dealkylation sites (tertiary alicyclic amines) is 1. The maximum atomic E-state index is 10.7. The molecule has 12 heavy (non-hydrogen) atoms. The highest BCUT2D eigenvalue weighted by Crippen LogP contribution is 2.18. The molecule has 1 heterocycles. The highest BCUT2D eigenvalue weighted by Gasteiger charge is 2.30. The molecule has 1 atom stereocenters. The van der Waals surface area contributed by atoms with E-state index in [1.165, 1.54) is 5.92 Å². The molecule has 69 valence electrons. The van der Waals surface area contributed by atoms with Gasteiger partial charge in [-0.2, -0.15) is 0 Å². The van der Waals surface area contributed by atoms with Crippen LogP contribution in [0.3, 0.4) is 0 Å². The van der Waals surface area contributed by atoms with E-state index >= 15 is 0 Å². The minimum atomic E-state index is -0.672. The van der Waals surface area contributed by atoms with Gasteiger partial charge in [-0.15, -0.1) is 0 Å². The van der Waals surface area contributed by atoms with Gasteiger partial charge in [-0.3, -0.25) is 9.69 Å². The number of nitrogens with zero attached hydrogens (tertiary/aromatic N) is 1. The molecule has 1 saturated heterocycles. The lowest BCUT2D eigenvalue weighted by molar-refractivity contribution is -0.142. The van der Waals surface area contributed by atoms with Crippen LogP contribution < -0.4 is 0 Å². The predicted octanol–water partition coefficient (Wildman–Crippen LogP) is 1.15. The van der Waals surface area contributed by atoms with Gasteiger partial charge >= 0.3 is 5.97 Å². The van der Waals surface area contributed by atoms with Gasteiger partial charge in [-0.1, -0.05) is 13.8 Å². The third-order valence-electron chi connectivity index (χ3n) is 2.17. The Kier molecular flexibility index (Phi) is 3.09. The van der Waals surface area contributed by atoms with Gasteiger partial charge in [0, 0.05) is 6.54 Å². The largest absolute Gasteiger partial charge is 0.480 e. The zero-order valence-electron chi connectivity index (χ0n) is 7.71. The molecule has 1 radical (unpaired) electrons. The van der Waals surface area contributed by atoms with Crippen LogP contribution in [0.15, 0.2) is 0 Å². The monoisotopic (exact) mass is 170 g/mol. The fourth-order valence-corrected chi connectivity index (χ4v) is 1.70. The van der Waals surface area contributed by atoms with Crippen molar-refractivity contribution in [3.8, 4) is 0 Å². The van der Waals surface area contributed by atoms with Crippen LogP contribution in [-0.4, -0.2) is 35.1 Å². The van der Waals surface area contributed by atoms with Crippen LogP contribution in [-0.2, 0) is 4.79 Å². The van der Waals surface area contributed by atoms with Gasteiger partial charge in [0.05, 0.1) is 0 Å². The van der Waals surface area contributed by atoms with E-state index in [2.05, 4.69) is 0 Å². The fraction of sp³-hybridized carbons (Fsp3) is 0.778. The van der Waals surface area contributed by atoms with Crippen LogP contribution in [0.1, 0.15) is 26.7 Å². The standard InChI is InChI=1S/C9H16NO2/c1-7(2)6-10-5-3-4-8(10)9(11)12/h8H,3-6H2,1-2H3,(H,11,12)/t8-/m0/s1. The third kappa shape index (κ3) is 2.21. The molecule has 0 spiro atoms. The van der Waals surface area contributed by atoms with Gasteiger partial charge in [-0.25, -0.2) is 0 Å². The summed E-state index contributed by atoms with van der Waals surface area (Å²) in [7, 11) is 0. The maximum absolute atomic E-state index is 10.7. The summed E-state index contributed by atoms with van der Waals surface area (Å²) in [5, 5.41) is 8.85. The van der Waals surface area contributed by atoms with E-state index in [1.807, 2.05) is 18.7 Å². The first kappa shape index (κ1) is 9.52. The number of carboxylic acid groups (broad SMARTS) is 1. The SMILES string of the molecule is C[C](C)CN1CCC[C@H]1C(=O)O. The maximum Gasteiger partial charge on any atom is 0.320 e. The Morgan fingerprint density at radius 1 is 1.58 bits per heavy atom. The van der Waals surface area contributed by atoms with E-state index in [-0.39, 0.29) is 6.04 Å². The fourth-order valence-electron chi connectivity index (χ4n) is 1.70. The van der Waals surface area contributed by atoms with Crippen LogP contribution >= 0.6 is 0 Å². The smallest absolute Gasteiger partial charge is 0.320 e. The first-order chi connectivity index (χ1) is 5.61. The predicted molar refractivity (Wildman–Crippen MR) is 46.8 cm³/mol. The first-order valence-electron chi connectivity index (χ1n) is 4.37. The number of rotatable bonds is 3. The number of aliphatic carboxylic acids is 1. The van der Waals surface area contributed by atoms with Crippen LogP contribution in [0.5, 0.6) is 0 Å². The molecule has 1 rings (SSSR count). The zero-order chi connectivity index (χ0) is 9.14. The zero-order valence-corrected chi connectivity index (χ0v) is 7.71. The molecule has 0 saturated carbocycles. The van der Waals surface area contributed by atoms with Gasteiger partial charge < -0.3 is 5.11 Å². The molecule has 3 nitrogen and oxygen atoms in total. The molecule has 0 amide bonds. The first-order valence-corrected chi connectivity index (χ1v) is 4.37. The van der Waals surface area contributed by atoms with E-state index < -0.39 is 5.97 Å². The molecule has 1 aliphatic rings. The molecule has 1 fully saturated rings. The highest BCUT2D eigenvalue weighted by atomic mass is 16.4. The number of carbonyl (C=O) groups is 1. The topological polar surface area (TPSA) is 40.5 Å². The van der Waals surface area contributed by atoms with E-state index in [1.54, 1.807) is 0 Å². The lowest BCUT2D eigenvalue weighted by Gasteiger charge is -2.22. The Morgan fingerprint density at radius 2 is 2.25 bits per heavy atom. The molecular formula is C9H16NO2. The van der Waals surface area contributed by atoms with Gasteiger partial charge in [0.25, 0.3) is 0 Å². The van der Waals surface area contributed by atoms with Crippen LogP contribution in [0.4, 0.5) is 0 Å². The van der Waals surface area contributed by atoms with Crippen molar-refractivity contribution in [2.75, 3.05) is 13.1 Å². The summed E-state index contributed by atoms with van der Waals surface area (Å²) in [6, 6.07) is -0.236. The molecule has 0 aromatic rings. The summed E-state index contributed by atoms with van der Waals surface area (Å²) in [6.45, 7) is 5.84. The van der Waals surface area contributed by atoms with Crippen molar-refractivity contribution in [1.29, 1.82) is 0 Å². The Labute approximate surface area is 73.4 Å². The minimum absolute atomic E-state index is 0.236. The average Bonchev–Trinajstić information content (AvgIpc) is 2.33. The molecule has 1 aliphatic heterocycles. The normalized spacial score (nSPS) is 25.1. The van der Waals surface area contributed by atoms with Crippen LogP contribution in [0.2, 0.25) is 0 Å². The van der Waals surface area contributed by atoms with Crippen LogP contribution in [0.25, 0.3) is 0 Å². The second kappa shape index (κ2) is 3.90. The Bertz CT molecular complexity index is 168. The Hall–Kier alpha value is -0.570.